The summed E-state index contributed by atoms with van der Waals surface area (Å²) in [7, 11) is 0. The van der Waals surface area contributed by atoms with Crippen molar-refractivity contribution in [3.05, 3.63) is 65.0 Å². The van der Waals surface area contributed by atoms with Gasteiger partial charge in [0.25, 0.3) is 0 Å². The molecule has 3 rings (SSSR count). The van der Waals surface area contributed by atoms with E-state index in [1.807, 2.05) is 0 Å². The van der Waals surface area contributed by atoms with Crippen LogP contribution in [0.5, 0.6) is 5.75 Å². The average molecular weight is 401 g/mol. The highest BCUT2D eigenvalue weighted by Crippen LogP contribution is 2.38. The summed E-state index contributed by atoms with van der Waals surface area (Å²) >= 11 is 0. The second kappa shape index (κ2) is 7.65. The molecule has 0 bridgehead atoms. The van der Waals surface area contributed by atoms with Crippen LogP contribution in [0.3, 0.4) is 0 Å². The molecule has 0 N–H and O–H groups in total. The molecule has 29 heavy (non-hydrogen) atoms. The molecule has 2 aromatic rings. The van der Waals surface area contributed by atoms with Gasteiger partial charge in [-0.1, -0.05) is 12.1 Å². The zero-order valence-corrected chi connectivity index (χ0v) is 15.8. The summed E-state index contributed by atoms with van der Waals surface area (Å²) in [5, 5.41) is 8.97. The van der Waals surface area contributed by atoms with Crippen molar-refractivity contribution < 1.29 is 22.6 Å². The third kappa shape index (κ3) is 4.44. The Kier molecular flexibility index (Phi) is 5.41. The molecule has 0 spiro atoms. The molecule has 1 aliphatic heterocycles. The van der Waals surface area contributed by atoms with E-state index in [9.17, 15) is 13.2 Å². The van der Waals surface area contributed by atoms with Crippen molar-refractivity contribution in [1.29, 1.82) is 5.26 Å². The molecule has 0 aromatic heterocycles. The Bertz CT molecular complexity index is 973. The third-order valence-electron chi connectivity index (χ3n) is 4.63. The number of halogens is 3. The van der Waals surface area contributed by atoms with E-state index in [-0.39, 0.29) is 12.7 Å². The van der Waals surface area contributed by atoms with Crippen molar-refractivity contribution in [1.82, 2.24) is 0 Å². The monoisotopic (exact) mass is 401 g/mol. The smallest absolute Gasteiger partial charge is 0.417 e. The largest absolute Gasteiger partial charge is 0.491 e. The van der Waals surface area contributed by atoms with E-state index in [1.165, 1.54) is 12.1 Å². The van der Waals surface area contributed by atoms with Gasteiger partial charge in [-0.25, -0.2) is 4.85 Å². The lowest BCUT2D eigenvalue weighted by atomic mass is 10.1. The van der Waals surface area contributed by atoms with Crippen molar-refractivity contribution in [2.45, 2.75) is 31.9 Å². The summed E-state index contributed by atoms with van der Waals surface area (Å²) in [5.74, 6) is 0.579. The molecule has 0 saturated carbocycles. The molecule has 1 heterocycles. The van der Waals surface area contributed by atoms with Gasteiger partial charge >= 0.3 is 6.18 Å². The quantitative estimate of drug-likeness (QED) is 0.665. The number of benzene rings is 2. The van der Waals surface area contributed by atoms with Gasteiger partial charge in [0.15, 0.2) is 5.69 Å². The minimum absolute atomic E-state index is 0.208. The van der Waals surface area contributed by atoms with Crippen LogP contribution in [0.2, 0.25) is 0 Å². The molecule has 1 saturated heterocycles. The van der Waals surface area contributed by atoms with Crippen molar-refractivity contribution >= 4 is 11.4 Å². The highest BCUT2D eigenvalue weighted by Gasteiger charge is 2.41. The maximum absolute atomic E-state index is 13.3. The highest BCUT2D eigenvalue weighted by atomic mass is 19.4. The van der Waals surface area contributed by atoms with Crippen LogP contribution >= 0.6 is 0 Å². The maximum Gasteiger partial charge on any atom is 0.417 e. The minimum atomic E-state index is -4.62. The molecule has 150 valence electrons. The number of ether oxygens (including phenoxy) is 2. The highest BCUT2D eigenvalue weighted by molar-refractivity contribution is 5.56. The third-order valence-corrected chi connectivity index (χ3v) is 4.63. The van der Waals surface area contributed by atoms with Gasteiger partial charge in [0.05, 0.1) is 30.3 Å². The number of hydrogen-bond acceptors (Lipinski definition) is 4. The fraction of sp³-hybridized carbons (Fsp3) is 0.333. The van der Waals surface area contributed by atoms with Gasteiger partial charge in [-0.3, -0.25) is 0 Å². The SMILES string of the molecule is [C-]#[N+]c1ccc(OC[C@@H]2CN(c3ccc(C#N)c(C(F)(F)F)c3)C(C)(C)O2)cc1. The van der Waals surface area contributed by atoms with Crippen LogP contribution in [-0.2, 0) is 10.9 Å². The molecule has 0 unspecified atom stereocenters. The van der Waals surface area contributed by atoms with Gasteiger partial charge in [-0.15, -0.1) is 0 Å². The second-order valence-corrected chi connectivity index (χ2v) is 7.05. The summed E-state index contributed by atoms with van der Waals surface area (Å²) in [4.78, 5) is 5.03. The first-order valence-electron chi connectivity index (χ1n) is 8.81. The van der Waals surface area contributed by atoms with E-state index in [1.54, 1.807) is 49.1 Å². The van der Waals surface area contributed by atoms with Crippen LogP contribution in [-0.4, -0.2) is 25.0 Å². The Labute approximate surface area is 166 Å². The summed E-state index contributed by atoms with van der Waals surface area (Å²) < 4.78 is 51.6. The maximum atomic E-state index is 13.3. The van der Waals surface area contributed by atoms with E-state index in [0.717, 1.165) is 6.07 Å². The first-order chi connectivity index (χ1) is 13.6. The molecule has 8 heteroatoms. The average Bonchev–Trinajstić information content (AvgIpc) is 3.00. The van der Waals surface area contributed by atoms with Crippen LogP contribution in [0.1, 0.15) is 25.0 Å². The Balaban J connectivity index is 1.76. The van der Waals surface area contributed by atoms with E-state index in [4.69, 9.17) is 21.3 Å². The summed E-state index contributed by atoms with van der Waals surface area (Å²) in [6.07, 6.45) is -4.98. The fourth-order valence-corrected chi connectivity index (χ4v) is 3.27. The Morgan fingerprint density at radius 1 is 1.28 bits per heavy atom. The number of nitrogens with zero attached hydrogens (tertiary/aromatic N) is 3. The van der Waals surface area contributed by atoms with Gasteiger partial charge in [0, 0.05) is 5.69 Å². The van der Waals surface area contributed by atoms with E-state index < -0.39 is 23.0 Å². The van der Waals surface area contributed by atoms with Gasteiger partial charge in [-0.05, 0) is 44.2 Å². The van der Waals surface area contributed by atoms with Crippen molar-refractivity contribution in [3.63, 3.8) is 0 Å². The molecule has 1 aliphatic rings. The van der Waals surface area contributed by atoms with Crippen molar-refractivity contribution in [3.8, 4) is 11.8 Å². The van der Waals surface area contributed by atoms with Crippen LogP contribution in [0.15, 0.2) is 42.5 Å². The Morgan fingerprint density at radius 2 is 1.97 bits per heavy atom. The number of alkyl halides is 3. The second-order valence-electron chi connectivity index (χ2n) is 7.05. The molecule has 1 atom stereocenters. The Morgan fingerprint density at radius 3 is 2.55 bits per heavy atom. The summed E-state index contributed by atoms with van der Waals surface area (Å²) in [5.41, 5.74) is -1.40. The molecular formula is C21H18F3N3O2. The van der Waals surface area contributed by atoms with Gasteiger partial charge in [0.1, 0.15) is 24.2 Å². The molecule has 1 fully saturated rings. The van der Waals surface area contributed by atoms with Crippen LogP contribution in [0.4, 0.5) is 24.5 Å². The minimum Gasteiger partial charge on any atom is -0.491 e. The predicted molar refractivity (Wildman–Crippen MR) is 101 cm³/mol. The fourth-order valence-electron chi connectivity index (χ4n) is 3.27. The molecule has 0 radical (unpaired) electrons. The van der Waals surface area contributed by atoms with Crippen LogP contribution in [0, 0.1) is 17.9 Å². The van der Waals surface area contributed by atoms with Crippen LogP contribution in [0.25, 0.3) is 4.85 Å². The van der Waals surface area contributed by atoms with E-state index >= 15 is 0 Å². The number of anilines is 1. The topological polar surface area (TPSA) is 49.8 Å². The van der Waals surface area contributed by atoms with Gasteiger partial charge in [0.2, 0.25) is 0 Å². The molecule has 2 aromatic carbocycles. The normalized spacial score (nSPS) is 18.2. The van der Waals surface area contributed by atoms with Crippen LogP contribution < -0.4 is 9.64 Å². The van der Waals surface area contributed by atoms with E-state index in [0.29, 0.717) is 23.7 Å². The molecule has 0 amide bonds. The zero-order chi connectivity index (χ0) is 21.2. The lowest BCUT2D eigenvalue weighted by Gasteiger charge is -2.32. The Hall–Kier alpha value is -3.23. The molecular weight excluding hydrogens is 383 g/mol. The molecule has 0 aliphatic carbocycles. The standard InChI is InChI=1S/C21H18F3N3O2/c1-20(2)27(16-7-4-14(11-25)19(10-16)21(22,23)24)12-18(29-20)13-28-17-8-5-15(26-3)6-9-17/h4-10,18H,12-13H2,1-2H3/t18-/m0/s1. The zero-order valence-electron chi connectivity index (χ0n) is 15.8. The van der Waals surface area contributed by atoms with Gasteiger partial charge < -0.3 is 14.4 Å². The lowest BCUT2D eigenvalue weighted by Crippen LogP contribution is -2.39. The van der Waals surface area contributed by atoms with Crippen molar-refractivity contribution in [2.75, 3.05) is 18.1 Å². The first-order valence-corrected chi connectivity index (χ1v) is 8.81. The lowest BCUT2D eigenvalue weighted by molar-refractivity contribution is -0.137. The first kappa shape index (κ1) is 20.5. The summed E-state index contributed by atoms with van der Waals surface area (Å²) in [6, 6.07) is 11.9. The number of rotatable bonds is 4. The number of hydrogen-bond donors (Lipinski definition) is 0. The number of nitriles is 1. The van der Waals surface area contributed by atoms with E-state index in [2.05, 4.69) is 4.85 Å². The van der Waals surface area contributed by atoms with Crippen molar-refractivity contribution in [2.24, 2.45) is 0 Å². The predicted octanol–water partition coefficient (Wildman–Crippen LogP) is 5.15. The summed E-state index contributed by atoms with van der Waals surface area (Å²) in [6.45, 7) is 11.0. The van der Waals surface area contributed by atoms with Gasteiger partial charge in [-0.2, -0.15) is 18.4 Å². The molecule has 5 nitrogen and oxygen atoms in total.